The van der Waals surface area contributed by atoms with Gasteiger partial charge < -0.3 is 16.4 Å². The second-order valence-electron chi connectivity index (χ2n) is 9.48. The molecule has 1 heterocycles. The van der Waals surface area contributed by atoms with Crippen molar-refractivity contribution in [3.05, 3.63) is 95.6 Å². The van der Waals surface area contributed by atoms with E-state index in [-0.39, 0.29) is 36.2 Å². The van der Waals surface area contributed by atoms with Crippen molar-refractivity contribution in [3.8, 4) is 0 Å². The van der Waals surface area contributed by atoms with Gasteiger partial charge in [-0.3, -0.25) is 19.3 Å². The minimum Gasteiger partial charge on any atom is -0.348 e. The fourth-order valence-corrected chi connectivity index (χ4v) is 5.13. The molecule has 4 N–H and O–H groups in total. The van der Waals surface area contributed by atoms with Gasteiger partial charge in [0.25, 0.3) is 11.8 Å². The molecule has 184 valence electrons. The molecule has 3 unspecified atom stereocenters. The number of anilines is 2. The molecule has 3 amide bonds. The molecule has 7 nitrogen and oxygen atoms in total. The Morgan fingerprint density at radius 2 is 1.58 bits per heavy atom. The van der Waals surface area contributed by atoms with Crippen LogP contribution in [-0.2, 0) is 4.79 Å². The average molecular weight is 483 g/mol. The SMILES string of the molecule is NC1CCCCC1NC(=O)c1ccc2c(c1)NC(=O)CC(c1ccccc1)N2C(=O)c1ccccc1. The van der Waals surface area contributed by atoms with Crippen LogP contribution in [0.4, 0.5) is 11.4 Å². The zero-order valence-electron chi connectivity index (χ0n) is 20.0. The third-order valence-corrected chi connectivity index (χ3v) is 7.04. The zero-order chi connectivity index (χ0) is 25.1. The molecule has 7 heteroatoms. The van der Waals surface area contributed by atoms with Crippen molar-refractivity contribution in [2.45, 2.75) is 50.2 Å². The number of amides is 3. The maximum Gasteiger partial charge on any atom is 0.258 e. The van der Waals surface area contributed by atoms with Crippen LogP contribution in [-0.4, -0.2) is 29.8 Å². The lowest BCUT2D eigenvalue weighted by atomic mass is 9.91. The van der Waals surface area contributed by atoms with E-state index in [1.807, 2.05) is 48.5 Å². The van der Waals surface area contributed by atoms with E-state index in [1.54, 1.807) is 35.2 Å². The number of nitrogens with zero attached hydrogens (tertiary/aromatic N) is 1. The van der Waals surface area contributed by atoms with Gasteiger partial charge in [0.1, 0.15) is 0 Å². The van der Waals surface area contributed by atoms with Crippen LogP contribution in [0.15, 0.2) is 78.9 Å². The quantitative estimate of drug-likeness (QED) is 0.512. The normalized spacial score (nSPS) is 21.6. The first kappa shape index (κ1) is 23.8. The summed E-state index contributed by atoms with van der Waals surface area (Å²) in [7, 11) is 0. The highest BCUT2D eigenvalue weighted by Gasteiger charge is 2.34. The molecule has 2 aliphatic rings. The lowest BCUT2D eigenvalue weighted by molar-refractivity contribution is -0.116. The highest BCUT2D eigenvalue weighted by molar-refractivity contribution is 6.12. The standard InChI is InChI=1S/C29H30N4O3/c30-22-13-7-8-14-23(22)32-28(35)21-15-16-25-24(17-21)31-27(34)18-26(19-9-3-1-4-10-19)33(25)29(36)20-11-5-2-6-12-20/h1-6,9-12,15-17,22-23,26H,7-8,13-14,18,30H2,(H,31,34)(H,32,35). The number of rotatable bonds is 4. The van der Waals surface area contributed by atoms with E-state index >= 15 is 0 Å². The minimum atomic E-state index is -0.500. The number of carbonyl (C=O) groups is 3. The number of carbonyl (C=O) groups excluding carboxylic acids is 3. The van der Waals surface area contributed by atoms with Crippen LogP contribution in [0.3, 0.4) is 0 Å². The Labute approximate surface area is 210 Å². The highest BCUT2D eigenvalue weighted by atomic mass is 16.2. The molecule has 0 bridgehead atoms. The maximum atomic E-state index is 13.8. The lowest BCUT2D eigenvalue weighted by Crippen LogP contribution is -2.49. The molecule has 1 saturated carbocycles. The summed E-state index contributed by atoms with van der Waals surface area (Å²) in [5.74, 6) is -0.674. The smallest absolute Gasteiger partial charge is 0.258 e. The van der Waals surface area contributed by atoms with Gasteiger partial charge in [-0.2, -0.15) is 0 Å². The van der Waals surface area contributed by atoms with Gasteiger partial charge in [-0.05, 0) is 48.7 Å². The van der Waals surface area contributed by atoms with Gasteiger partial charge in [-0.15, -0.1) is 0 Å². The summed E-state index contributed by atoms with van der Waals surface area (Å²) in [4.78, 5) is 41.6. The van der Waals surface area contributed by atoms with Crippen molar-refractivity contribution >= 4 is 29.1 Å². The van der Waals surface area contributed by atoms with Crippen LogP contribution in [0.1, 0.15) is 64.4 Å². The van der Waals surface area contributed by atoms with E-state index in [0.29, 0.717) is 22.5 Å². The fraction of sp³-hybridized carbons (Fsp3) is 0.276. The third kappa shape index (κ3) is 4.88. The molecule has 3 aromatic rings. The third-order valence-electron chi connectivity index (χ3n) is 7.04. The number of nitrogens with one attached hydrogen (secondary N) is 2. The number of hydrogen-bond donors (Lipinski definition) is 3. The molecule has 0 saturated heterocycles. The second-order valence-corrected chi connectivity index (χ2v) is 9.48. The van der Waals surface area contributed by atoms with Crippen molar-refractivity contribution in [2.75, 3.05) is 10.2 Å². The molecule has 3 atom stereocenters. The summed E-state index contributed by atoms with van der Waals surface area (Å²) in [6.45, 7) is 0. The first-order valence-electron chi connectivity index (χ1n) is 12.4. The van der Waals surface area contributed by atoms with Crippen molar-refractivity contribution in [2.24, 2.45) is 5.73 Å². The Kier molecular flexibility index (Phi) is 6.82. The number of fused-ring (bicyclic) bond motifs is 1. The molecule has 1 aliphatic carbocycles. The van der Waals surface area contributed by atoms with Crippen LogP contribution in [0.5, 0.6) is 0 Å². The Hall–Kier alpha value is -3.97. The molecule has 1 fully saturated rings. The highest BCUT2D eigenvalue weighted by Crippen LogP contribution is 2.39. The van der Waals surface area contributed by atoms with Crippen molar-refractivity contribution in [3.63, 3.8) is 0 Å². The monoisotopic (exact) mass is 482 g/mol. The Morgan fingerprint density at radius 1 is 0.889 bits per heavy atom. The molecular formula is C29H30N4O3. The molecular weight excluding hydrogens is 452 g/mol. The molecule has 0 radical (unpaired) electrons. The van der Waals surface area contributed by atoms with Gasteiger partial charge in [-0.25, -0.2) is 0 Å². The molecule has 0 aromatic heterocycles. The first-order valence-corrected chi connectivity index (χ1v) is 12.4. The van der Waals surface area contributed by atoms with Crippen LogP contribution >= 0.6 is 0 Å². The van der Waals surface area contributed by atoms with Crippen LogP contribution in [0.25, 0.3) is 0 Å². The van der Waals surface area contributed by atoms with E-state index in [1.165, 1.54) is 0 Å². The van der Waals surface area contributed by atoms with Crippen molar-refractivity contribution < 1.29 is 14.4 Å². The predicted molar refractivity (Wildman–Crippen MR) is 140 cm³/mol. The Balaban J connectivity index is 1.53. The van der Waals surface area contributed by atoms with Crippen LogP contribution in [0, 0.1) is 0 Å². The first-order chi connectivity index (χ1) is 17.5. The van der Waals surface area contributed by atoms with Gasteiger partial charge in [-0.1, -0.05) is 61.4 Å². The second kappa shape index (κ2) is 10.3. The molecule has 36 heavy (non-hydrogen) atoms. The number of benzene rings is 3. The summed E-state index contributed by atoms with van der Waals surface area (Å²) >= 11 is 0. The number of nitrogens with two attached hydrogens (primary N) is 1. The van der Waals surface area contributed by atoms with Crippen LogP contribution < -0.4 is 21.3 Å². The lowest BCUT2D eigenvalue weighted by Gasteiger charge is -2.31. The average Bonchev–Trinajstić information content (AvgIpc) is 3.05. The summed E-state index contributed by atoms with van der Waals surface area (Å²) in [6.07, 6.45) is 3.95. The van der Waals surface area contributed by atoms with E-state index in [9.17, 15) is 14.4 Å². The summed E-state index contributed by atoms with van der Waals surface area (Å²) < 4.78 is 0. The summed E-state index contributed by atoms with van der Waals surface area (Å²) in [6, 6.07) is 23.0. The van der Waals surface area contributed by atoms with Crippen molar-refractivity contribution in [1.29, 1.82) is 0 Å². The van der Waals surface area contributed by atoms with Crippen molar-refractivity contribution in [1.82, 2.24) is 5.32 Å². The van der Waals surface area contributed by atoms with Gasteiger partial charge in [0, 0.05) is 23.2 Å². The molecule has 3 aromatic carbocycles. The topological polar surface area (TPSA) is 105 Å². The van der Waals surface area contributed by atoms with E-state index < -0.39 is 6.04 Å². The predicted octanol–water partition coefficient (Wildman–Crippen LogP) is 4.42. The van der Waals surface area contributed by atoms with E-state index in [2.05, 4.69) is 10.6 Å². The maximum absolute atomic E-state index is 13.8. The molecule has 0 spiro atoms. The van der Waals surface area contributed by atoms with Gasteiger partial charge in [0.15, 0.2) is 0 Å². The summed E-state index contributed by atoms with van der Waals surface area (Å²) in [5, 5.41) is 5.98. The minimum absolute atomic E-state index is 0.0613. The molecule has 5 rings (SSSR count). The summed E-state index contributed by atoms with van der Waals surface area (Å²) in [5.41, 5.74) is 8.99. The zero-order valence-corrected chi connectivity index (χ0v) is 20.0. The fourth-order valence-electron chi connectivity index (χ4n) is 5.13. The Morgan fingerprint density at radius 3 is 2.31 bits per heavy atom. The van der Waals surface area contributed by atoms with Gasteiger partial charge >= 0.3 is 0 Å². The number of hydrogen-bond acceptors (Lipinski definition) is 4. The van der Waals surface area contributed by atoms with Crippen LogP contribution in [0.2, 0.25) is 0 Å². The molecule has 1 aliphatic heterocycles. The van der Waals surface area contributed by atoms with E-state index in [0.717, 1.165) is 31.2 Å². The van der Waals surface area contributed by atoms with Gasteiger partial charge in [0.2, 0.25) is 5.91 Å². The largest absolute Gasteiger partial charge is 0.348 e. The van der Waals surface area contributed by atoms with Gasteiger partial charge in [0.05, 0.1) is 23.8 Å². The van der Waals surface area contributed by atoms with E-state index in [4.69, 9.17) is 5.73 Å². The Bertz CT molecular complexity index is 1260.